The molecular weight excluding hydrogens is 615 g/mol. The van der Waals surface area contributed by atoms with E-state index in [1.165, 1.54) is 29.2 Å². The van der Waals surface area contributed by atoms with Gasteiger partial charge in [-0.25, -0.2) is 4.98 Å². The van der Waals surface area contributed by atoms with Crippen LogP contribution in [0.4, 0.5) is 5.13 Å². The van der Waals surface area contributed by atoms with Crippen molar-refractivity contribution < 1.29 is 14.3 Å². The topological polar surface area (TPSA) is 111 Å². The van der Waals surface area contributed by atoms with E-state index in [0.717, 1.165) is 10.2 Å². The molecule has 0 bridgehead atoms. The van der Waals surface area contributed by atoms with Crippen LogP contribution in [-0.4, -0.2) is 43.9 Å². The zero-order valence-corrected chi connectivity index (χ0v) is 24.3. The number of anilines is 1. The number of thioether (sulfide) groups is 1. The minimum Gasteiger partial charge on any atom is -0.482 e. The fourth-order valence-electron chi connectivity index (χ4n) is 3.56. The molecule has 0 atom stereocenters. The van der Waals surface area contributed by atoms with Crippen LogP contribution in [0.15, 0.2) is 71.9 Å². The molecule has 5 rings (SSSR count). The Bertz CT molecular complexity index is 1660. The second-order valence-electron chi connectivity index (χ2n) is 8.18. The third-order valence-electron chi connectivity index (χ3n) is 5.34. The maximum absolute atomic E-state index is 12.7. The lowest BCUT2D eigenvalue weighted by Gasteiger charge is -2.12. The van der Waals surface area contributed by atoms with Crippen LogP contribution in [0, 0.1) is 0 Å². The molecule has 2 N–H and O–H groups in total. The van der Waals surface area contributed by atoms with Crippen molar-refractivity contribution in [1.29, 1.82) is 0 Å². The van der Waals surface area contributed by atoms with Gasteiger partial charge in [0.15, 0.2) is 22.7 Å². The summed E-state index contributed by atoms with van der Waals surface area (Å²) in [5.74, 6) is 0.213. The number of hydrogen-bond acceptors (Lipinski definition) is 8. The minimum absolute atomic E-state index is 0.0501. The number of carbonyl (C=O) groups is 2. The Hall–Kier alpha value is -3.35. The monoisotopic (exact) mass is 632 g/mol. The van der Waals surface area contributed by atoms with Crippen LogP contribution in [0.3, 0.4) is 0 Å². The average molecular weight is 634 g/mol. The van der Waals surface area contributed by atoms with Crippen molar-refractivity contribution in [3.63, 3.8) is 0 Å². The zero-order valence-electron chi connectivity index (χ0n) is 20.4. The highest BCUT2D eigenvalue weighted by molar-refractivity contribution is 7.99. The summed E-state index contributed by atoms with van der Waals surface area (Å²) in [7, 11) is 0. The highest BCUT2D eigenvalue weighted by Crippen LogP contribution is 2.28. The molecular formula is C26H19Cl3N6O3S2. The molecule has 0 aliphatic heterocycles. The van der Waals surface area contributed by atoms with Gasteiger partial charge in [-0.15, -0.1) is 10.2 Å². The molecule has 0 fully saturated rings. The van der Waals surface area contributed by atoms with Crippen LogP contribution < -0.4 is 15.4 Å². The summed E-state index contributed by atoms with van der Waals surface area (Å²) in [5, 5.41) is 16.3. The fraction of sp³-hybridized carbons (Fsp3) is 0.115. The van der Waals surface area contributed by atoms with Gasteiger partial charge in [0.2, 0.25) is 5.91 Å². The van der Waals surface area contributed by atoms with Crippen molar-refractivity contribution in [1.82, 2.24) is 25.1 Å². The summed E-state index contributed by atoms with van der Waals surface area (Å²) < 4.78 is 8.22. The molecule has 40 heavy (non-hydrogen) atoms. The molecule has 2 amide bonds. The number of nitrogens with zero attached hydrogens (tertiary/aromatic N) is 4. The van der Waals surface area contributed by atoms with Crippen LogP contribution in [0.25, 0.3) is 15.9 Å². The van der Waals surface area contributed by atoms with Crippen LogP contribution in [0.1, 0.15) is 5.82 Å². The molecule has 2 aromatic heterocycles. The van der Waals surface area contributed by atoms with Crippen LogP contribution in [0.2, 0.25) is 15.1 Å². The number of nitrogens with one attached hydrogen (secondary N) is 2. The zero-order chi connectivity index (χ0) is 28.1. The number of hydrogen-bond donors (Lipinski definition) is 2. The average Bonchev–Trinajstić information content (AvgIpc) is 3.53. The Labute approximate surface area is 251 Å². The highest BCUT2D eigenvalue weighted by Gasteiger charge is 2.18. The molecule has 9 nitrogen and oxygen atoms in total. The SMILES string of the molecule is O=C(COc1ccc(Cl)cc1Cl)NCc1nnc(SCC(=O)Nc2nc3ccccc3s2)n1-c1cccc(Cl)c1. The van der Waals surface area contributed by atoms with Gasteiger partial charge in [-0.2, -0.15) is 0 Å². The van der Waals surface area contributed by atoms with Crippen molar-refractivity contribution in [2.75, 3.05) is 17.7 Å². The maximum atomic E-state index is 12.7. The van der Waals surface area contributed by atoms with Crippen molar-refractivity contribution >= 4 is 85.1 Å². The van der Waals surface area contributed by atoms with Gasteiger partial charge < -0.3 is 15.4 Å². The number of benzene rings is 3. The number of thiazole rings is 1. The number of amides is 2. The van der Waals surface area contributed by atoms with Gasteiger partial charge in [0, 0.05) is 10.0 Å². The van der Waals surface area contributed by atoms with E-state index in [1.54, 1.807) is 34.9 Å². The Morgan fingerprint density at radius 2 is 1.77 bits per heavy atom. The lowest BCUT2D eigenvalue weighted by molar-refractivity contribution is -0.123. The molecule has 5 aromatic rings. The number of aromatic nitrogens is 4. The van der Waals surface area contributed by atoms with E-state index < -0.39 is 5.91 Å². The molecule has 204 valence electrons. The number of halogens is 3. The molecule has 0 saturated carbocycles. The first-order chi connectivity index (χ1) is 19.4. The summed E-state index contributed by atoms with van der Waals surface area (Å²) in [5.41, 5.74) is 1.50. The first-order valence-corrected chi connectivity index (χ1v) is 14.6. The second kappa shape index (κ2) is 12.9. The molecule has 0 saturated heterocycles. The Balaban J connectivity index is 1.25. The van der Waals surface area contributed by atoms with Crippen molar-refractivity contribution in [3.05, 3.63) is 87.6 Å². The van der Waals surface area contributed by atoms with E-state index in [1.807, 2.05) is 30.3 Å². The molecule has 0 spiro atoms. The molecule has 3 aromatic carbocycles. The van der Waals surface area contributed by atoms with Gasteiger partial charge in [-0.1, -0.05) is 76.1 Å². The third kappa shape index (κ3) is 7.04. The molecule has 0 aliphatic rings. The highest BCUT2D eigenvalue weighted by atomic mass is 35.5. The van der Waals surface area contributed by atoms with Gasteiger partial charge in [0.25, 0.3) is 5.91 Å². The van der Waals surface area contributed by atoms with E-state index in [9.17, 15) is 9.59 Å². The molecule has 0 aliphatic carbocycles. The van der Waals surface area contributed by atoms with Gasteiger partial charge in [-0.3, -0.25) is 14.2 Å². The van der Waals surface area contributed by atoms with Crippen LogP contribution in [-0.2, 0) is 16.1 Å². The smallest absolute Gasteiger partial charge is 0.258 e. The fourth-order valence-corrected chi connectivity index (χ4v) is 5.86. The molecule has 0 unspecified atom stereocenters. The van der Waals surface area contributed by atoms with E-state index in [0.29, 0.717) is 42.6 Å². The van der Waals surface area contributed by atoms with Gasteiger partial charge in [-0.05, 0) is 48.5 Å². The number of carbonyl (C=O) groups excluding carboxylic acids is 2. The van der Waals surface area contributed by atoms with E-state index in [2.05, 4.69) is 25.8 Å². The quantitative estimate of drug-likeness (QED) is 0.175. The van der Waals surface area contributed by atoms with Crippen molar-refractivity contribution in [3.8, 4) is 11.4 Å². The summed E-state index contributed by atoms with van der Waals surface area (Å²) in [4.78, 5) is 29.6. The summed E-state index contributed by atoms with van der Waals surface area (Å²) >= 11 is 20.8. The Kier molecular flexibility index (Phi) is 9.08. The van der Waals surface area contributed by atoms with E-state index in [-0.39, 0.29) is 24.8 Å². The van der Waals surface area contributed by atoms with Crippen LogP contribution in [0.5, 0.6) is 5.75 Å². The Morgan fingerprint density at radius 1 is 0.950 bits per heavy atom. The molecule has 2 heterocycles. The van der Waals surface area contributed by atoms with Crippen molar-refractivity contribution in [2.45, 2.75) is 11.7 Å². The van der Waals surface area contributed by atoms with Crippen molar-refractivity contribution in [2.24, 2.45) is 0 Å². The summed E-state index contributed by atoms with van der Waals surface area (Å²) in [6, 6.07) is 19.5. The van der Waals surface area contributed by atoms with Gasteiger partial charge in [0.1, 0.15) is 5.75 Å². The lowest BCUT2D eigenvalue weighted by Crippen LogP contribution is -2.29. The maximum Gasteiger partial charge on any atom is 0.258 e. The third-order valence-corrected chi connectivity index (χ3v) is 7.98. The number of rotatable bonds is 10. The lowest BCUT2D eigenvalue weighted by atomic mass is 10.3. The summed E-state index contributed by atoms with van der Waals surface area (Å²) in [6.45, 7) is -0.214. The number of fused-ring (bicyclic) bond motifs is 1. The predicted octanol–water partition coefficient (Wildman–Crippen LogP) is 6.26. The standard InChI is InChI=1S/C26H19Cl3N6O3S2/c27-15-4-3-5-17(10-15)35-22(12-30-23(36)13-38-20-9-8-16(28)11-18(20)29)33-34-26(35)39-14-24(37)32-25-31-19-6-1-2-7-21(19)40-25/h1-11H,12-14H2,(H,30,36)(H,31,32,37). The second-order valence-corrected chi connectivity index (χ2v) is 11.4. The summed E-state index contributed by atoms with van der Waals surface area (Å²) in [6.07, 6.45) is 0. The molecule has 0 radical (unpaired) electrons. The Morgan fingerprint density at radius 3 is 2.58 bits per heavy atom. The van der Waals surface area contributed by atoms with Gasteiger partial charge >= 0.3 is 0 Å². The number of ether oxygens (including phenoxy) is 1. The first kappa shape index (κ1) is 28.2. The largest absolute Gasteiger partial charge is 0.482 e. The first-order valence-electron chi connectivity index (χ1n) is 11.7. The molecule has 14 heteroatoms. The number of para-hydroxylation sites is 1. The predicted molar refractivity (Wildman–Crippen MR) is 159 cm³/mol. The van der Waals surface area contributed by atoms with Crippen LogP contribution >= 0.6 is 57.9 Å². The van der Waals surface area contributed by atoms with Gasteiger partial charge in [0.05, 0.1) is 33.2 Å². The van der Waals surface area contributed by atoms with E-state index >= 15 is 0 Å². The normalized spacial score (nSPS) is 11.0. The van der Waals surface area contributed by atoms with E-state index in [4.69, 9.17) is 39.5 Å². The minimum atomic E-state index is -0.393.